The minimum absolute atomic E-state index is 0.187. The van der Waals surface area contributed by atoms with Crippen molar-refractivity contribution in [2.75, 3.05) is 11.9 Å². The van der Waals surface area contributed by atoms with Crippen molar-refractivity contribution >= 4 is 22.9 Å². The number of hydrogen-bond acceptors (Lipinski definition) is 6. The van der Waals surface area contributed by atoms with Crippen molar-refractivity contribution in [2.45, 2.75) is 0 Å². The van der Waals surface area contributed by atoms with Gasteiger partial charge in [-0.25, -0.2) is 4.39 Å². The Balaban J connectivity index is 1.40. The molecular weight excluding hydrogens is 381 g/mol. The molecule has 0 saturated carbocycles. The Morgan fingerprint density at radius 1 is 1.14 bits per heavy atom. The van der Waals surface area contributed by atoms with Gasteiger partial charge in [0, 0.05) is 11.3 Å². The van der Waals surface area contributed by atoms with Crippen LogP contribution < -0.4 is 10.1 Å². The lowest BCUT2D eigenvalue weighted by Crippen LogP contribution is -2.20. The second-order valence-electron chi connectivity index (χ2n) is 5.77. The number of aromatic nitrogens is 2. The number of amides is 1. The Morgan fingerprint density at radius 2 is 2.00 bits per heavy atom. The lowest BCUT2D eigenvalue weighted by molar-refractivity contribution is -0.118. The summed E-state index contributed by atoms with van der Waals surface area (Å²) in [5.41, 5.74) is 1.21. The summed E-state index contributed by atoms with van der Waals surface area (Å²) in [4.78, 5) is 17.3. The molecule has 0 aliphatic carbocycles. The van der Waals surface area contributed by atoms with Crippen molar-refractivity contribution in [3.8, 4) is 27.9 Å². The van der Waals surface area contributed by atoms with E-state index in [0.29, 0.717) is 28.7 Å². The lowest BCUT2D eigenvalue weighted by atomic mass is 10.2. The highest BCUT2D eigenvalue weighted by molar-refractivity contribution is 7.13. The molecule has 0 radical (unpaired) electrons. The van der Waals surface area contributed by atoms with Gasteiger partial charge in [0.2, 0.25) is 5.82 Å². The van der Waals surface area contributed by atoms with E-state index in [1.165, 1.54) is 35.6 Å². The summed E-state index contributed by atoms with van der Waals surface area (Å²) >= 11 is 1.51. The number of hydrogen-bond donors (Lipinski definition) is 1. The second kappa shape index (κ2) is 8.01. The zero-order valence-corrected chi connectivity index (χ0v) is 15.3. The van der Waals surface area contributed by atoms with Crippen LogP contribution in [0.3, 0.4) is 0 Å². The quantitative estimate of drug-likeness (QED) is 0.515. The molecule has 2 aromatic heterocycles. The van der Waals surface area contributed by atoms with E-state index < -0.39 is 0 Å². The average molecular weight is 395 g/mol. The molecule has 4 aromatic rings. The molecule has 0 fully saturated rings. The van der Waals surface area contributed by atoms with Gasteiger partial charge < -0.3 is 14.6 Å². The van der Waals surface area contributed by atoms with Crippen molar-refractivity contribution in [3.63, 3.8) is 0 Å². The smallest absolute Gasteiger partial charge is 0.268 e. The molecular formula is C20H14FN3O3S. The summed E-state index contributed by atoms with van der Waals surface area (Å²) in [6.07, 6.45) is 0. The first kappa shape index (κ1) is 17.9. The van der Waals surface area contributed by atoms with E-state index in [1.54, 1.807) is 18.2 Å². The number of halogens is 1. The number of thiophene rings is 1. The molecule has 1 amide bonds. The normalized spacial score (nSPS) is 10.6. The molecule has 28 heavy (non-hydrogen) atoms. The Hall–Kier alpha value is -3.52. The molecule has 2 heterocycles. The Kier molecular flexibility index (Phi) is 5.11. The predicted molar refractivity (Wildman–Crippen MR) is 104 cm³/mol. The third-order valence-corrected chi connectivity index (χ3v) is 4.61. The van der Waals surface area contributed by atoms with Gasteiger partial charge in [0.25, 0.3) is 11.8 Å². The van der Waals surface area contributed by atoms with Gasteiger partial charge in [-0.15, -0.1) is 11.3 Å². The van der Waals surface area contributed by atoms with Gasteiger partial charge in [0.05, 0.1) is 4.88 Å². The van der Waals surface area contributed by atoms with Gasteiger partial charge >= 0.3 is 0 Å². The van der Waals surface area contributed by atoms with Gasteiger partial charge in [-0.05, 0) is 47.8 Å². The van der Waals surface area contributed by atoms with E-state index in [2.05, 4.69) is 15.5 Å². The molecule has 0 aliphatic rings. The predicted octanol–water partition coefficient (Wildman–Crippen LogP) is 4.62. The third kappa shape index (κ3) is 4.24. The van der Waals surface area contributed by atoms with E-state index >= 15 is 0 Å². The summed E-state index contributed by atoms with van der Waals surface area (Å²) in [5.74, 6) is 0.667. The summed E-state index contributed by atoms with van der Waals surface area (Å²) in [6.45, 7) is -0.187. The number of benzene rings is 2. The van der Waals surface area contributed by atoms with E-state index in [0.717, 1.165) is 4.88 Å². The van der Waals surface area contributed by atoms with Crippen LogP contribution in [0, 0.1) is 5.82 Å². The van der Waals surface area contributed by atoms with Crippen molar-refractivity contribution < 1.29 is 18.4 Å². The van der Waals surface area contributed by atoms with E-state index in [9.17, 15) is 9.18 Å². The zero-order valence-electron chi connectivity index (χ0n) is 14.5. The molecule has 1 N–H and O–H groups in total. The fraction of sp³-hybridized carbons (Fsp3) is 0.0500. The molecule has 2 aromatic carbocycles. The van der Waals surface area contributed by atoms with Crippen molar-refractivity contribution in [3.05, 3.63) is 71.9 Å². The molecule has 0 unspecified atom stereocenters. The largest absolute Gasteiger partial charge is 0.484 e. The average Bonchev–Trinajstić information content (AvgIpc) is 3.40. The van der Waals surface area contributed by atoms with Crippen LogP contribution in [0.4, 0.5) is 10.1 Å². The van der Waals surface area contributed by atoms with E-state index in [4.69, 9.17) is 9.26 Å². The molecule has 140 valence electrons. The Bertz CT molecular complexity index is 1080. The van der Waals surface area contributed by atoms with Crippen LogP contribution in [0.15, 0.2) is 70.6 Å². The highest BCUT2D eigenvalue weighted by atomic mass is 32.1. The summed E-state index contributed by atoms with van der Waals surface area (Å²) in [6, 6.07) is 16.4. The van der Waals surface area contributed by atoms with Gasteiger partial charge in [0.15, 0.2) is 6.61 Å². The van der Waals surface area contributed by atoms with Crippen LogP contribution >= 0.6 is 11.3 Å². The van der Waals surface area contributed by atoms with Crippen molar-refractivity contribution in [1.82, 2.24) is 10.1 Å². The molecule has 0 aliphatic heterocycles. The van der Waals surface area contributed by atoms with E-state index in [-0.39, 0.29) is 18.3 Å². The number of anilines is 1. The Labute approximate surface area is 163 Å². The van der Waals surface area contributed by atoms with Crippen molar-refractivity contribution in [1.29, 1.82) is 0 Å². The third-order valence-electron chi connectivity index (χ3n) is 3.75. The van der Waals surface area contributed by atoms with Crippen LogP contribution in [0.2, 0.25) is 0 Å². The molecule has 6 nitrogen and oxygen atoms in total. The molecule has 0 atom stereocenters. The number of ether oxygens (including phenoxy) is 1. The van der Waals surface area contributed by atoms with E-state index in [1.807, 2.05) is 23.6 Å². The molecule has 8 heteroatoms. The maximum absolute atomic E-state index is 12.9. The molecule has 0 bridgehead atoms. The molecule has 0 saturated heterocycles. The monoisotopic (exact) mass is 395 g/mol. The Morgan fingerprint density at radius 3 is 2.79 bits per heavy atom. The first-order valence-electron chi connectivity index (χ1n) is 8.33. The van der Waals surface area contributed by atoms with Gasteiger partial charge in [-0.1, -0.05) is 23.4 Å². The zero-order chi connectivity index (χ0) is 19.3. The topological polar surface area (TPSA) is 77.2 Å². The number of nitrogens with one attached hydrogen (secondary N) is 1. The SMILES string of the molecule is O=C(COc1cccc(-c2noc(-c3cccs3)n2)c1)Nc1ccc(F)cc1. The summed E-state index contributed by atoms with van der Waals surface area (Å²) in [7, 11) is 0. The first-order chi connectivity index (χ1) is 13.7. The van der Waals surface area contributed by atoms with Crippen molar-refractivity contribution in [2.24, 2.45) is 0 Å². The summed E-state index contributed by atoms with van der Waals surface area (Å²) in [5, 5.41) is 8.57. The minimum atomic E-state index is -0.366. The van der Waals surface area contributed by atoms with Gasteiger partial charge in [-0.3, -0.25) is 4.79 Å². The van der Waals surface area contributed by atoms with Crippen LogP contribution in [0.25, 0.3) is 22.2 Å². The maximum Gasteiger partial charge on any atom is 0.268 e. The van der Waals surface area contributed by atoms with Gasteiger partial charge in [-0.2, -0.15) is 4.98 Å². The number of nitrogens with zero attached hydrogens (tertiary/aromatic N) is 2. The number of carbonyl (C=O) groups excluding carboxylic acids is 1. The fourth-order valence-corrected chi connectivity index (χ4v) is 3.09. The lowest BCUT2D eigenvalue weighted by Gasteiger charge is -2.08. The maximum atomic E-state index is 12.9. The van der Waals surface area contributed by atoms with Crippen LogP contribution in [0.1, 0.15) is 0 Å². The molecule has 0 spiro atoms. The fourth-order valence-electron chi connectivity index (χ4n) is 2.45. The van der Waals surface area contributed by atoms with Crippen LogP contribution in [-0.4, -0.2) is 22.7 Å². The number of rotatable bonds is 6. The van der Waals surface area contributed by atoms with Gasteiger partial charge in [0.1, 0.15) is 11.6 Å². The molecule has 4 rings (SSSR count). The number of carbonyl (C=O) groups is 1. The second-order valence-corrected chi connectivity index (χ2v) is 6.72. The minimum Gasteiger partial charge on any atom is -0.484 e. The van der Waals surface area contributed by atoms with Crippen LogP contribution in [0.5, 0.6) is 5.75 Å². The van der Waals surface area contributed by atoms with Crippen LogP contribution in [-0.2, 0) is 4.79 Å². The highest BCUT2D eigenvalue weighted by Gasteiger charge is 2.12. The first-order valence-corrected chi connectivity index (χ1v) is 9.21. The highest BCUT2D eigenvalue weighted by Crippen LogP contribution is 2.27. The summed E-state index contributed by atoms with van der Waals surface area (Å²) < 4.78 is 23.7. The standard InChI is InChI=1S/C20H14FN3O3S/c21-14-6-8-15(9-7-14)22-18(25)12-26-16-4-1-3-13(11-16)19-23-20(27-24-19)17-5-2-10-28-17/h1-11H,12H2,(H,22,25).